The third-order valence-electron chi connectivity index (χ3n) is 5.10. The van der Waals surface area contributed by atoms with Crippen molar-refractivity contribution < 1.29 is 27.5 Å². The molecule has 0 aromatic heterocycles. The molecule has 0 radical (unpaired) electrons. The summed E-state index contributed by atoms with van der Waals surface area (Å²) >= 11 is 0. The van der Waals surface area contributed by atoms with E-state index in [4.69, 9.17) is 4.74 Å². The minimum Gasteiger partial charge on any atom is -0.484 e. The van der Waals surface area contributed by atoms with Crippen LogP contribution in [0.3, 0.4) is 0 Å². The van der Waals surface area contributed by atoms with Crippen LogP contribution in [0.1, 0.15) is 34.3 Å². The number of carbonyl (C=O) groups excluding carboxylic acids is 2. The second kappa shape index (κ2) is 9.19. The summed E-state index contributed by atoms with van der Waals surface area (Å²) in [7, 11) is 0. The molecule has 1 saturated heterocycles. The van der Waals surface area contributed by atoms with Crippen molar-refractivity contribution in [2.24, 2.45) is 0 Å². The van der Waals surface area contributed by atoms with Crippen molar-refractivity contribution >= 4 is 11.8 Å². The molecular formula is C22H23F3N2O3. The molecule has 0 bridgehead atoms. The Hall–Kier alpha value is -3.03. The highest BCUT2D eigenvalue weighted by Crippen LogP contribution is 2.20. The Morgan fingerprint density at radius 1 is 1.07 bits per heavy atom. The summed E-state index contributed by atoms with van der Waals surface area (Å²) < 4.78 is 45.9. The van der Waals surface area contributed by atoms with Gasteiger partial charge in [-0.3, -0.25) is 9.59 Å². The van der Waals surface area contributed by atoms with Crippen LogP contribution in [0.4, 0.5) is 13.2 Å². The highest BCUT2D eigenvalue weighted by atomic mass is 19.2. The number of halogens is 3. The van der Waals surface area contributed by atoms with E-state index in [2.05, 4.69) is 5.32 Å². The van der Waals surface area contributed by atoms with Crippen LogP contribution in [0.15, 0.2) is 30.3 Å². The first-order valence-electron chi connectivity index (χ1n) is 9.68. The number of likely N-dealkylation sites (tertiary alicyclic amines) is 1. The monoisotopic (exact) mass is 420 g/mol. The van der Waals surface area contributed by atoms with Gasteiger partial charge in [0.25, 0.3) is 11.8 Å². The number of aryl methyl sites for hydroxylation is 2. The van der Waals surface area contributed by atoms with Gasteiger partial charge in [0, 0.05) is 19.1 Å². The molecule has 8 heteroatoms. The second-order valence-corrected chi connectivity index (χ2v) is 7.41. The topological polar surface area (TPSA) is 58.6 Å². The second-order valence-electron chi connectivity index (χ2n) is 7.41. The minimum absolute atomic E-state index is 0.122. The lowest BCUT2D eigenvalue weighted by molar-refractivity contribution is -0.124. The van der Waals surface area contributed by atoms with E-state index in [0.717, 1.165) is 23.3 Å². The van der Waals surface area contributed by atoms with Gasteiger partial charge in [-0.2, -0.15) is 0 Å². The molecule has 1 fully saturated rings. The van der Waals surface area contributed by atoms with Crippen molar-refractivity contribution in [2.45, 2.75) is 32.7 Å². The summed E-state index contributed by atoms with van der Waals surface area (Å²) in [4.78, 5) is 26.0. The molecule has 0 saturated carbocycles. The first-order chi connectivity index (χ1) is 14.3. The lowest BCUT2D eigenvalue weighted by atomic mass is 10.0. The molecule has 160 valence electrons. The molecule has 5 nitrogen and oxygen atoms in total. The van der Waals surface area contributed by atoms with E-state index in [-0.39, 0.29) is 31.6 Å². The normalized spacial score (nSPS) is 14.5. The van der Waals surface area contributed by atoms with Crippen LogP contribution >= 0.6 is 0 Å². The van der Waals surface area contributed by atoms with Crippen LogP contribution in [-0.4, -0.2) is 42.5 Å². The van der Waals surface area contributed by atoms with Crippen molar-refractivity contribution in [3.8, 4) is 5.75 Å². The number of carbonyl (C=O) groups is 2. The highest BCUT2D eigenvalue weighted by Gasteiger charge is 2.27. The molecular weight excluding hydrogens is 397 g/mol. The summed E-state index contributed by atoms with van der Waals surface area (Å²) in [5, 5.41) is 2.86. The standard InChI is InChI=1S/C22H23F3N2O3/c1-13-3-6-18(14(2)11-13)30-12-19(28)26-15-7-9-27(10-8-15)22(29)16-4-5-17(23)21(25)20(16)24/h3-6,11,15H,7-10,12H2,1-2H3,(H,26,28). The van der Waals surface area contributed by atoms with Crippen LogP contribution in [-0.2, 0) is 4.79 Å². The van der Waals surface area contributed by atoms with Gasteiger partial charge in [0.15, 0.2) is 24.1 Å². The Kier molecular flexibility index (Phi) is 6.64. The van der Waals surface area contributed by atoms with Crippen molar-refractivity contribution in [2.75, 3.05) is 19.7 Å². The molecule has 1 N–H and O–H groups in total. The average molecular weight is 420 g/mol. The van der Waals surface area contributed by atoms with E-state index in [9.17, 15) is 22.8 Å². The molecule has 0 atom stereocenters. The number of rotatable bonds is 5. The van der Waals surface area contributed by atoms with Gasteiger partial charge in [0.05, 0.1) is 5.56 Å². The maximum Gasteiger partial charge on any atom is 0.258 e. The van der Waals surface area contributed by atoms with Crippen molar-refractivity contribution in [3.05, 3.63) is 64.5 Å². The minimum atomic E-state index is -1.66. The van der Waals surface area contributed by atoms with Gasteiger partial charge < -0.3 is 15.0 Å². The lowest BCUT2D eigenvalue weighted by Crippen LogP contribution is -2.47. The highest BCUT2D eigenvalue weighted by molar-refractivity contribution is 5.94. The molecule has 30 heavy (non-hydrogen) atoms. The zero-order chi connectivity index (χ0) is 21.8. The van der Waals surface area contributed by atoms with Crippen molar-refractivity contribution in [3.63, 3.8) is 0 Å². The fourth-order valence-electron chi connectivity index (χ4n) is 3.46. The Morgan fingerprint density at radius 2 is 1.77 bits per heavy atom. The van der Waals surface area contributed by atoms with E-state index < -0.39 is 28.9 Å². The maximum absolute atomic E-state index is 13.9. The summed E-state index contributed by atoms with van der Waals surface area (Å²) in [5.74, 6) is -4.82. The number of hydrogen-bond acceptors (Lipinski definition) is 3. The first-order valence-corrected chi connectivity index (χ1v) is 9.68. The van der Waals surface area contributed by atoms with Gasteiger partial charge in [-0.15, -0.1) is 0 Å². The molecule has 0 aliphatic carbocycles. The predicted octanol–water partition coefficient (Wildman–Crippen LogP) is 3.52. The lowest BCUT2D eigenvalue weighted by Gasteiger charge is -2.32. The predicted molar refractivity (Wildman–Crippen MR) is 105 cm³/mol. The van der Waals surface area contributed by atoms with Crippen LogP contribution in [0.2, 0.25) is 0 Å². The quantitative estimate of drug-likeness (QED) is 0.753. The zero-order valence-corrected chi connectivity index (χ0v) is 16.8. The molecule has 1 heterocycles. The van der Waals surface area contributed by atoms with E-state index in [0.29, 0.717) is 18.6 Å². The number of hydrogen-bond donors (Lipinski definition) is 1. The number of benzene rings is 2. The van der Waals surface area contributed by atoms with Crippen LogP contribution in [0, 0.1) is 31.3 Å². The first kappa shape index (κ1) is 21.7. The molecule has 1 aliphatic rings. The van der Waals surface area contributed by atoms with Crippen molar-refractivity contribution in [1.29, 1.82) is 0 Å². The molecule has 0 spiro atoms. The van der Waals surface area contributed by atoms with Gasteiger partial charge in [-0.1, -0.05) is 17.7 Å². The molecule has 2 aromatic rings. The number of piperidine rings is 1. The summed E-state index contributed by atoms with van der Waals surface area (Å²) in [6, 6.07) is 7.21. The summed E-state index contributed by atoms with van der Waals surface area (Å²) in [6.45, 7) is 4.29. The fourth-order valence-corrected chi connectivity index (χ4v) is 3.46. The van der Waals surface area contributed by atoms with E-state index in [1.807, 2.05) is 32.0 Å². The number of ether oxygens (including phenoxy) is 1. The van der Waals surface area contributed by atoms with Crippen LogP contribution in [0.25, 0.3) is 0 Å². The third-order valence-corrected chi connectivity index (χ3v) is 5.10. The SMILES string of the molecule is Cc1ccc(OCC(=O)NC2CCN(C(=O)c3ccc(F)c(F)c3F)CC2)c(C)c1. The number of nitrogens with zero attached hydrogens (tertiary/aromatic N) is 1. The van der Waals surface area contributed by atoms with E-state index in [1.165, 1.54) is 4.90 Å². The Balaban J connectivity index is 1.49. The maximum atomic E-state index is 13.9. The van der Waals surface area contributed by atoms with Gasteiger partial charge in [-0.25, -0.2) is 13.2 Å². The summed E-state index contributed by atoms with van der Waals surface area (Å²) in [5.41, 5.74) is 1.55. The zero-order valence-electron chi connectivity index (χ0n) is 16.8. The number of nitrogens with one attached hydrogen (secondary N) is 1. The largest absolute Gasteiger partial charge is 0.484 e. The van der Waals surface area contributed by atoms with E-state index in [1.54, 1.807) is 0 Å². The molecule has 0 unspecified atom stereocenters. The fraction of sp³-hybridized carbons (Fsp3) is 0.364. The van der Waals surface area contributed by atoms with Crippen molar-refractivity contribution in [1.82, 2.24) is 10.2 Å². The smallest absolute Gasteiger partial charge is 0.258 e. The Morgan fingerprint density at radius 3 is 2.43 bits per heavy atom. The van der Waals surface area contributed by atoms with Gasteiger partial charge in [-0.05, 0) is 50.5 Å². The molecule has 2 amide bonds. The Labute approximate surface area is 172 Å². The van der Waals surface area contributed by atoms with Gasteiger partial charge in [0.2, 0.25) is 0 Å². The van der Waals surface area contributed by atoms with Gasteiger partial charge in [0.1, 0.15) is 5.75 Å². The van der Waals surface area contributed by atoms with Crippen LogP contribution in [0.5, 0.6) is 5.75 Å². The van der Waals surface area contributed by atoms with Crippen LogP contribution < -0.4 is 10.1 Å². The van der Waals surface area contributed by atoms with E-state index >= 15 is 0 Å². The molecule has 2 aromatic carbocycles. The molecule has 3 rings (SSSR count). The van der Waals surface area contributed by atoms with Gasteiger partial charge >= 0.3 is 0 Å². The third kappa shape index (κ3) is 4.93. The molecule has 1 aliphatic heterocycles. The Bertz CT molecular complexity index is 957. The number of amides is 2. The summed E-state index contributed by atoms with van der Waals surface area (Å²) in [6.07, 6.45) is 0.929. The average Bonchev–Trinajstić information content (AvgIpc) is 2.71.